The van der Waals surface area contributed by atoms with E-state index in [-0.39, 0.29) is 18.3 Å². The first-order chi connectivity index (χ1) is 15.6. The third-order valence-corrected chi connectivity index (χ3v) is 5.10. The summed E-state index contributed by atoms with van der Waals surface area (Å²) in [6.45, 7) is 1.50. The van der Waals surface area contributed by atoms with Gasteiger partial charge in [-0.1, -0.05) is 12.1 Å². The van der Waals surface area contributed by atoms with E-state index in [9.17, 15) is 9.18 Å². The van der Waals surface area contributed by atoms with Crippen LogP contribution in [0.3, 0.4) is 0 Å². The number of amides is 1. The van der Waals surface area contributed by atoms with Crippen LogP contribution in [0.1, 0.15) is 22.6 Å². The number of fused-ring (bicyclic) bond motifs is 1. The first kappa shape index (κ1) is 21.4. The minimum Gasteiger partial charge on any atom is -0.497 e. The highest BCUT2D eigenvalue weighted by Crippen LogP contribution is 2.19. The second kappa shape index (κ2) is 9.96. The summed E-state index contributed by atoms with van der Waals surface area (Å²) in [6.07, 6.45) is 0.769. The molecule has 0 spiro atoms. The topological polar surface area (TPSA) is 65.4 Å². The summed E-state index contributed by atoms with van der Waals surface area (Å²) in [6, 6.07) is 20.8. The number of aryl methyl sites for hydroxylation is 1. The number of ether oxygens (including phenoxy) is 2. The second-order valence-corrected chi connectivity index (χ2v) is 7.24. The number of imidazole rings is 1. The quantitative estimate of drug-likeness (QED) is 0.392. The summed E-state index contributed by atoms with van der Waals surface area (Å²) >= 11 is 0. The molecule has 0 radical (unpaired) electrons. The van der Waals surface area contributed by atoms with E-state index in [4.69, 9.17) is 9.47 Å². The molecule has 1 aromatic heterocycles. The molecule has 1 N–H and O–H groups in total. The lowest BCUT2D eigenvalue weighted by atomic mass is 10.2. The minimum absolute atomic E-state index is 0.268. The zero-order chi connectivity index (χ0) is 22.3. The summed E-state index contributed by atoms with van der Waals surface area (Å²) in [4.78, 5) is 17.1. The van der Waals surface area contributed by atoms with Crippen molar-refractivity contribution >= 4 is 16.9 Å². The molecule has 0 saturated carbocycles. The Labute approximate surface area is 185 Å². The highest BCUT2D eigenvalue weighted by atomic mass is 19.1. The monoisotopic (exact) mass is 433 g/mol. The number of carbonyl (C=O) groups excluding carboxylic acids is 1. The Morgan fingerprint density at radius 1 is 1.00 bits per heavy atom. The van der Waals surface area contributed by atoms with Crippen molar-refractivity contribution in [3.05, 3.63) is 90.0 Å². The summed E-state index contributed by atoms with van der Waals surface area (Å²) in [7, 11) is 1.63. The van der Waals surface area contributed by atoms with E-state index in [1.165, 1.54) is 24.3 Å². The Hall–Kier alpha value is -3.87. The number of para-hydroxylation sites is 2. The minimum atomic E-state index is -0.375. The molecule has 0 aliphatic carbocycles. The van der Waals surface area contributed by atoms with Gasteiger partial charge in [-0.15, -0.1) is 0 Å². The number of aromatic nitrogens is 2. The first-order valence-corrected chi connectivity index (χ1v) is 10.4. The molecule has 1 heterocycles. The van der Waals surface area contributed by atoms with Crippen LogP contribution in [-0.4, -0.2) is 29.2 Å². The highest BCUT2D eigenvalue weighted by Gasteiger charge is 2.12. The molecule has 4 aromatic rings. The summed E-state index contributed by atoms with van der Waals surface area (Å²) in [5, 5.41) is 2.88. The molecule has 0 fully saturated rings. The van der Waals surface area contributed by atoms with E-state index in [1.807, 2.05) is 48.5 Å². The summed E-state index contributed by atoms with van der Waals surface area (Å²) < 4.78 is 26.2. The van der Waals surface area contributed by atoms with E-state index >= 15 is 0 Å². The fourth-order valence-electron chi connectivity index (χ4n) is 3.46. The van der Waals surface area contributed by atoms with Crippen molar-refractivity contribution in [2.45, 2.75) is 19.5 Å². The fraction of sp³-hybridized carbons (Fsp3) is 0.200. The smallest absolute Gasteiger partial charge is 0.251 e. The Kier molecular flexibility index (Phi) is 6.65. The van der Waals surface area contributed by atoms with Crippen molar-refractivity contribution in [3.8, 4) is 11.5 Å². The van der Waals surface area contributed by atoms with Gasteiger partial charge in [0.25, 0.3) is 5.91 Å². The number of methoxy groups -OCH3 is 1. The van der Waals surface area contributed by atoms with Gasteiger partial charge in [0.15, 0.2) is 0 Å². The Morgan fingerprint density at radius 2 is 1.72 bits per heavy atom. The average Bonchev–Trinajstić information content (AvgIpc) is 3.18. The maximum atomic E-state index is 13.1. The maximum absolute atomic E-state index is 13.1. The number of nitrogens with one attached hydrogen (secondary N) is 1. The van der Waals surface area contributed by atoms with Crippen LogP contribution in [-0.2, 0) is 13.1 Å². The molecule has 3 aromatic carbocycles. The van der Waals surface area contributed by atoms with E-state index < -0.39 is 0 Å². The van der Waals surface area contributed by atoms with Crippen molar-refractivity contribution in [1.82, 2.24) is 14.9 Å². The van der Waals surface area contributed by atoms with Crippen molar-refractivity contribution in [2.24, 2.45) is 0 Å². The summed E-state index contributed by atoms with van der Waals surface area (Å²) in [5.41, 5.74) is 2.28. The number of hydrogen-bond acceptors (Lipinski definition) is 4. The predicted molar refractivity (Wildman–Crippen MR) is 120 cm³/mol. The fourth-order valence-corrected chi connectivity index (χ4v) is 3.46. The van der Waals surface area contributed by atoms with Gasteiger partial charge in [0.1, 0.15) is 23.1 Å². The van der Waals surface area contributed by atoms with Crippen LogP contribution in [0.15, 0.2) is 72.8 Å². The van der Waals surface area contributed by atoms with Gasteiger partial charge in [0, 0.05) is 12.1 Å². The third kappa shape index (κ3) is 5.06. The Balaban J connectivity index is 1.40. The van der Waals surface area contributed by atoms with Crippen molar-refractivity contribution in [3.63, 3.8) is 0 Å². The van der Waals surface area contributed by atoms with Gasteiger partial charge in [-0.3, -0.25) is 4.79 Å². The number of halogens is 1. The molecular formula is C25H24FN3O3. The van der Waals surface area contributed by atoms with Crippen LogP contribution in [0, 0.1) is 5.82 Å². The normalized spacial score (nSPS) is 10.8. The van der Waals surface area contributed by atoms with Gasteiger partial charge in [-0.2, -0.15) is 0 Å². The molecule has 32 heavy (non-hydrogen) atoms. The summed E-state index contributed by atoms with van der Waals surface area (Å²) in [5.74, 6) is 1.68. The lowest BCUT2D eigenvalue weighted by Gasteiger charge is -2.11. The lowest BCUT2D eigenvalue weighted by molar-refractivity contribution is 0.0949. The largest absolute Gasteiger partial charge is 0.497 e. The van der Waals surface area contributed by atoms with Gasteiger partial charge in [-0.05, 0) is 67.1 Å². The van der Waals surface area contributed by atoms with Crippen LogP contribution in [0.4, 0.5) is 4.39 Å². The lowest BCUT2D eigenvalue weighted by Crippen LogP contribution is -2.25. The van der Waals surface area contributed by atoms with Crippen molar-refractivity contribution in [2.75, 3.05) is 13.7 Å². The molecule has 0 aliphatic heterocycles. The van der Waals surface area contributed by atoms with Crippen LogP contribution in [0.25, 0.3) is 11.0 Å². The molecule has 0 saturated heterocycles. The third-order valence-electron chi connectivity index (χ3n) is 5.10. The zero-order valence-electron chi connectivity index (χ0n) is 17.8. The molecular weight excluding hydrogens is 409 g/mol. The highest BCUT2D eigenvalue weighted by molar-refractivity contribution is 5.94. The van der Waals surface area contributed by atoms with Crippen LogP contribution in [0.2, 0.25) is 0 Å². The van der Waals surface area contributed by atoms with E-state index in [0.717, 1.165) is 34.8 Å². The Morgan fingerprint density at radius 3 is 2.47 bits per heavy atom. The Bertz CT molecular complexity index is 1190. The second-order valence-electron chi connectivity index (χ2n) is 7.24. The predicted octanol–water partition coefficient (Wildman–Crippen LogP) is 4.58. The van der Waals surface area contributed by atoms with Crippen LogP contribution < -0.4 is 14.8 Å². The standard InChI is InChI=1S/C25H24FN3O3/c1-31-20-11-13-21(14-12-20)32-16-4-15-29-23-6-3-2-5-22(23)28-24(29)17-27-25(30)18-7-9-19(26)10-8-18/h2-3,5-14H,4,15-17H2,1H3,(H,27,30). The van der Waals surface area contributed by atoms with Crippen LogP contribution >= 0.6 is 0 Å². The number of nitrogens with zero attached hydrogens (tertiary/aromatic N) is 2. The first-order valence-electron chi connectivity index (χ1n) is 10.4. The molecule has 7 heteroatoms. The van der Waals surface area contributed by atoms with Crippen LogP contribution in [0.5, 0.6) is 11.5 Å². The van der Waals surface area contributed by atoms with Gasteiger partial charge in [0.05, 0.1) is 31.3 Å². The van der Waals surface area contributed by atoms with Crippen molar-refractivity contribution in [1.29, 1.82) is 0 Å². The van der Waals surface area contributed by atoms with E-state index in [2.05, 4.69) is 14.9 Å². The SMILES string of the molecule is COc1ccc(OCCCn2c(CNC(=O)c3ccc(F)cc3)nc3ccccc32)cc1. The molecule has 6 nitrogen and oxygen atoms in total. The van der Waals surface area contributed by atoms with Gasteiger partial charge < -0.3 is 19.4 Å². The number of hydrogen-bond donors (Lipinski definition) is 1. The average molecular weight is 433 g/mol. The van der Waals surface area contributed by atoms with Crippen molar-refractivity contribution < 1.29 is 18.7 Å². The molecule has 0 atom stereocenters. The molecule has 0 aliphatic rings. The maximum Gasteiger partial charge on any atom is 0.251 e. The van der Waals surface area contributed by atoms with Gasteiger partial charge >= 0.3 is 0 Å². The van der Waals surface area contributed by atoms with E-state index in [0.29, 0.717) is 18.7 Å². The molecule has 4 rings (SSSR count). The molecule has 0 unspecified atom stereocenters. The molecule has 0 bridgehead atoms. The molecule has 164 valence electrons. The van der Waals surface area contributed by atoms with Gasteiger partial charge in [-0.25, -0.2) is 9.37 Å². The number of benzene rings is 3. The van der Waals surface area contributed by atoms with Gasteiger partial charge in [0.2, 0.25) is 0 Å². The number of carbonyl (C=O) groups is 1. The number of rotatable bonds is 9. The zero-order valence-corrected chi connectivity index (χ0v) is 17.8. The van der Waals surface area contributed by atoms with E-state index in [1.54, 1.807) is 7.11 Å². The molecule has 1 amide bonds.